The SMILES string of the molecule is CC(C)(C)c1nsc(NCCOc2cccnc2)n1. The van der Waals surface area contributed by atoms with E-state index in [9.17, 15) is 0 Å². The summed E-state index contributed by atoms with van der Waals surface area (Å²) >= 11 is 1.38. The molecule has 2 aromatic heterocycles. The van der Waals surface area contributed by atoms with Crippen molar-refractivity contribution in [2.24, 2.45) is 0 Å². The first-order chi connectivity index (χ1) is 9.05. The maximum absolute atomic E-state index is 5.53. The summed E-state index contributed by atoms with van der Waals surface area (Å²) in [5.41, 5.74) is -0.0113. The van der Waals surface area contributed by atoms with Gasteiger partial charge in [-0.1, -0.05) is 20.8 Å². The van der Waals surface area contributed by atoms with Gasteiger partial charge in [0.05, 0.1) is 12.7 Å². The van der Waals surface area contributed by atoms with Crippen LogP contribution in [0.2, 0.25) is 0 Å². The number of hydrogen-bond acceptors (Lipinski definition) is 6. The zero-order valence-corrected chi connectivity index (χ0v) is 12.2. The Morgan fingerprint density at radius 2 is 2.21 bits per heavy atom. The number of anilines is 1. The van der Waals surface area contributed by atoms with Gasteiger partial charge in [-0.3, -0.25) is 4.98 Å². The largest absolute Gasteiger partial charge is 0.490 e. The highest BCUT2D eigenvalue weighted by molar-refractivity contribution is 7.09. The van der Waals surface area contributed by atoms with Crippen LogP contribution in [-0.4, -0.2) is 27.5 Å². The number of pyridine rings is 1. The Kier molecular flexibility index (Phi) is 4.31. The van der Waals surface area contributed by atoms with E-state index in [0.29, 0.717) is 13.2 Å². The van der Waals surface area contributed by atoms with Gasteiger partial charge in [0, 0.05) is 23.1 Å². The van der Waals surface area contributed by atoms with Gasteiger partial charge in [0.1, 0.15) is 18.2 Å². The van der Waals surface area contributed by atoms with Crippen molar-refractivity contribution in [1.29, 1.82) is 0 Å². The van der Waals surface area contributed by atoms with E-state index in [2.05, 4.69) is 40.4 Å². The zero-order valence-electron chi connectivity index (χ0n) is 11.4. The van der Waals surface area contributed by atoms with Crippen molar-refractivity contribution >= 4 is 16.7 Å². The molecule has 0 spiro atoms. The standard InChI is InChI=1S/C13H18N4OS/c1-13(2,3)11-16-12(19-17-11)15-7-8-18-10-5-4-6-14-9-10/h4-6,9H,7-8H2,1-3H3,(H,15,16,17). The van der Waals surface area contributed by atoms with Crippen molar-refractivity contribution in [3.05, 3.63) is 30.4 Å². The lowest BCUT2D eigenvalue weighted by atomic mass is 9.96. The lowest BCUT2D eigenvalue weighted by Gasteiger charge is -2.12. The quantitative estimate of drug-likeness (QED) is 0.852. The Balaban J connectivity index is 1.76. The van der Waals surface area contributed by atoms with E-state index in [1.165, 1.54) is 11.5 Å². The number of ether oxygens (including phenoxy) is 1. The molecule has 1 N–H and O–H groups in total. The van der Waals surface area contributed by atoms with Crippen molar-refractivity contribution in [3.63, 3.8) is 0 Å². The van der Waals surface area contributed by atoms with Crippen molar-refractivity contribution in [2.75, 3.05) is 18.5 Å². The lowest BCUT2D eigenvalue weighted by molar-refractivity contribution is 0.331. The molecule has 0 unspecified atom stereocenters. The van der Waals surface area contributed by atoms with E-state index < -0.39 is 0 Å². The van der Waals surface area contributed by atoms with E-state index >= 15 is 0 Å². The smallest absolute Gasteiger partial charge is 0.202 e. The summed E-state index contributed by atoms with van der Waals surface area (Å²) in [6, 6.07) is 3.73. The Labute approximate surface area is 117 Å². The second-order valence-corrected chi connectivity index (χ2v) is 5.89. The van der Waals surface area contributed by atoms with Crippen molar-refractivity contribution < 1.29 is 4.74 Å². The van der Waals surface area contributed by atoms with E-state index in [0.717, 1.165) is 16.7 Å². The van der Waals surface area contributed by atoms with Gasteiger partial charge in [0.25, 0.3) is 0 Å². The minimum atomic E-state index is -0.0113. The molecule has 0 saturated heterocycles. The average Bonchev–Trinajstić information content (AvgIpc) is 2.85. The third-order valence-corrected chi connectivity index (χ3v) is 3.05. The Bertz CT molecular complexity index is 507. The fraction of sp³-hybridized carbons (Fsp3) is 0.462. The van der Waals surface area contributed by atoms with E-state index in [1.807, 2.05) is 12.1 Å². The second-order valence-electron chi connectivity index (χ2n) is 5.14. The summed E-state index contributed by atoms with van der Waals surface area (Å²) in [6.07, 6.45) is 3.42. The molecule has 2 aromatic rings. The molecular weight excluding hydrogens is 260 g/mol. The summed E-state index contributed by atoms with van der Waals surface area (Å²) in [5, 5.41) is 4.04. The molecule has 0 aliphatic carbocycles. The molecular formula is C13H18N4OS. The fourth-order valence-electron chi connectivity index (χ4n) is 1.36. The van der Waals surface area contributed by atoms with Gasteiger partial charge in [-0.15, -0.1) is 0 Å². The van der Waals surface area contributed by atoms with Crippen LogP contribution in [0, 0.1) is 0 Å². The second kappa shape index (κ2) is 5.97. The molecule has 0 bridgehead atoms. The Morgan fingerprint density at radius 3 is 2.84 bits per heavy atom. The molecule has 2 rings (SSSR count). The summed E-state index contributed by atoms with van der Waals surface area (Å²) in [4.78, 5) is 8.44. The predicted molar refractivity (Wildman–Crippen MR) is 76.8 cm³/mol. The molecule has 0 amide bonds. The Morgan fingerprint density at radius 1 is 1.37 bits per heavy atom. The fourth-order valence-corrected chi connectivity index (χ4v) is 2.14. The average molecular weight is 278 g/mol. The number of nitrogens with zero attached hydrogens (tertiary/aromatic N) is 3. The molecule has 6 heteroatoms. The van der Waals surface area contributed by atoms with Crippen LogP contribution in [0.4, 0.5) is 5.13 Å². The maximum Gasteiger partial charge on any atom is 0.202 e. The minimum Gasteiger partial charge on any atom is -0.490 e. The number of hydrogen-bond donors (Lipinski definition) is 1. The molecule has 0 fully saturated rings. The lowest BCUT2D eigenvalue weighted by Crippen LogP contribution is -2.14. The van der Waals surface area contributed by atoms with Gasteiger partial charge < -0.3 is 10.1 Å². The van der Waals surface area contributed by atoms with Crippen LogP contribution < -0.4 is 10.1 Å². The van der Waals surface area contributed by atoms with Crippen LogP contribution in [0.1, 0.15) is 26.6 Å². The topological polar surface area (TPSA) is 59.9 Å². The molecule has 0 aliphatic heterocycles. The third-order valence-electron chi connectivity index (χ3n) is 2.38. The van der Waals surface area contributed by atoms with Crippen LogP contribution in [0.3, 0.4) is 0 Å². The van der Waals surface area contributed by atoms with Crippen molar-refractivity contribution in [1.82, 2.24) is 14.3 Å². The van der Waals surface area contributed by atoms with E-state index in [-0.39, 0.29) is 5.41 Å². The van der Waals surface area contributed by atoms with Gasteiger partial charge in [0.2, 0.25) is 5.13 Å². The van der Waals surface area contributed by atoms with Crippen LogP contribution in [-0.2, 0) is 5.41 Å². The summed E-state index contributed by atoms with van der Waals surface area (Å²) in [6.45, 7) is 7.56. The highest BCUT2D eigenvalue weighted by atomic mass is 32.1. The number of rotatable bonds is 5. The summed E-state index contributed by atoms with van der Waals surface area (Å²) in [5.74, 6) is 1.64. The van der Waals surface area contributed by atoms with Gasteiger partial charge in [-0.05, 0) is 12.1 Å². The highest BCUT2D eigenvalue weighted by Gasteiger charge is 2.19. The van der Waals surface area contributed by atoms with Crippen LogP contribution in [0.15, 0.2) is 24.5 Å². The molecule has 0 aliphatic rings. The number of aromatic nitrogens is 3. The van der Waals surface area contributed by atoms with Crippen molar-refractivity contribution in [2.45, 2.75) is 26.2 Å². The zero-order chi connectivity index (χ0) is 13.7. The third kappa shape index (κ3) is 4.17. The van der Waals surface area contributed by atoms with E-state index in [4.69, 9.17) is 4.74 Å². The molecule has 102 valence electrons. The molecule has 2 heterocycles. The van der Waals surface area contributed by atoms with Crippen molar-refractivity contribution in [3.8, 4) is 5.75 Å². The monoisotopic (exact) mass is 278 g/mol. The highest BCUT2D eigenvalue weighted by Crippen LogP contribution is 2.22. The van der Waals surface area contributed by atoms with Gasteiger partial charge in [-0.25, -0.2) is 4.98 Å². The van der Waals surface area contributed by atoms with Crippen LogP contribution >= 0.6 is 11.5 Å². The summed E-state index contributed by atoms with van der Waals surface area (Å²) < 4.78 is 9.87. The first-order valence-corrected chi connectivity index (χ1v) is 6.94. The minimum absolute atomic E-state index is 0.0113. The molecule has 19 heavy (non-hydrogen) atoms. The van der Waals surface area contributed by atoms with Gasteiger partial charge in [-0.2, -0.15) is 4.37 Å². The number of nitrogens with one attached hydrogen (secondary N) is 1. The van der Waals surface area contributed by atoms with Gasteiger partial charge >= 0.3 is 0 Å². The maximum atomic E-state index is 5.53. The molecule has 0 saturated carbocycles. The first kappa shape index (κ1) is 13.7. The first-order valence-electron chi connectivity index (χ1n) is 6.16. The molecule has 0 radical (unpaired) electrons. The predicted octanol–water partition coefficient (Wildman–Crippen LogP) is 2.72. The Hall–Kier alpha value is -1.69. The summed E-state index contributed by atoms with van der Waals surface area (Å²) in [7, 11) is 0. The van der Waals surface area contributed by atoms with Crippen LogP contribution in [0.25, 0.3) is 0 Å². The van der Waals surface area contributed by atoms with E-state index in [1.54, 1.807) is 12.4 Å². The van der Waals surface area contributed by atoms with Crippen LogP contribution in [0.5, 0.6) is 5.75 Å². The molecule has 5 nitrogen and oxygen atoms in total. The molecule has 0 atom stereocenters. The normalized spacial score (nSPS) is 11.3. The van der Waals surface area contributed by atoms with Gasteiger partial charge in [0.15, 0.2) is 0 Å². The molecule has 0 aromatic carbocycles.